The molecule has 0 saturated carbocycles. The van der Waals surface area contributed by atoms with Gasteiger partial charge in [0.05, 0.1) is 29.4 Å². The van der Waals surface area contributed by atoms with Crippen LogP contribution < -0.4 is 10.2 Å². The number of ether oxygens (including phenoxy) is 1. The number of carbonyl (C=O) groups excluding carboxylic acids is 1. The van der Waals surface area contributed by atoms with Gasteiger partial charge in [-0.1, -0.05) is 24.3 Å². The summed E-state index contributed by atoms with van der Waals surface area (Å²) in [5.74, 6) is 0.00711. The van der Waals surface area contributed by atoms with Crippen molar-refractivity contribution in [1.29, 1.82) is 0 Å². The second-order valence-corrected chi connectivity index (χ2v) is 7.56. The first-order chi connectivity index (χ1) is 14.1. The van der Waals surface area contributed by atoms with Crippen molar-refractivity contribution in [2.24, 2.45) is 0 Å². The first kappa shape index (κ1) is 19.4. The Labute approximate surface area is 169 Å². The molecule has 0 aromatic heterocycles. The summed E-state index contributed by atoms with van der Waals surface area (Å²) in [4.78, 5) is 25.9. The summed E-state index contributed by atoms with van der Waals surface area (Å²) in [6.45, 7) is 3.01. The second-order valence-electron chi connectivity index (χ2n) is 7.56. The molecule has 7 heteroatoms. The van der Waals surface area contributed by atoms with Gasteiger partial charge in [-0.2, -0.15) is 0 Å². The number of rotatable bonds is 5. The summed E-state index contributed by atoms with van der Waals surface area (Å²) in [5, 5.41) is 14.3. The number of morpholine rings is 1. The van der Waals surface area contributed by atoms with Crippen LogP contribution in [0.15, 0.2) is 42.5 Å². The van der Waals surface area contributed by atoms with Crippen molar-refractivity contribution in [2.45, 2.75) is 25.2 Å². The number of benzene rings is 2. The number of hydrogen-bond acceptors (Lipinski definition) is 5. The molecule has 1 N–H and O–H groups in total. The van der Waals surface area contributed by atoms with E-state index in [2.05, 4.69) is 28.4 Å². The van der Waals surface area contributed by atoms with E-state index in [0.717, 1.165) is 24.9 Å². The van der Waals surface area contributed by atoms with Crippen LogP contribution in [0.3, 0.4) is 0 Å². The number of carbonyl (C=O) groups is 1. The van der Waals surface area contributed by atoms with E-state index in [1.807, 2.05) is 6.07 Å². The van der Waals surface area contributed by atoms with Crippen molar-refractivity contribution < 1.29 is 14.5 Å². The standard InChI is InChI=1S/C22H25N3O4/c26-22(23-15-17-6-3-5-16-4-1-2-7-19(16)17)20-14-18(25(27)28)8-9-21(20)24-10-12-29-13-11-24/h1-2,4,7-9,14,17H,3,5-6,10-13,15H2,(H,23,26). The molecule has 1 aliphatic carbocycles. The second kappa shape index (κ2) is 8.61. The Bertz CT molecular complexity index is 909. The zero-order chi connectivity index (χ0) is 20.2. The highest BCUT2D eigenvalue weighted by Gasteiger charge is 2.24. The van der Waals surface area contributed by atoms with Gasteiger partial charge in [0.2, 0.25) is 0 Å². The van der Waals surface area contributed by atoms with Crippen LogP contribution in [-0.2, 0) is 11.2 Å². The average molecular weight is 395 g/mol. The fourth-order valence-corrected chi connectivity index (χ4v) is 4.28. The lowest BCUT2D eigenvalue weighted by molar-refractivity contribution is -0.384. The highest BCUT2D eigenvalue weighted by molar-refractivity contribution is 6.00. The van der Waals surface area contributed by atoms with Gasteiger partial charge in [-0.15, -0.1) is 0 Å². The number of nitro groups is 1. The molecule has 1 amide bonds. The SMILES string of the molecule is O=C(NCC1CCCc2ccccc21)c1cc([N+](=O)[O-])ccc1N1CCOCC1. The molecule has 0 spiro atoms. The maximum atomic E-state index is 13.0. The Morgan fingerprint density at radius 1 is 1.21 bits per heavy atom. The fraction of sp³-hybridized carbons (Fsp3) is 0.409. The van der Waals surface area contributed by atoms with Crippen LogP contribution in [0.25, 0.3) is 0 Å². The number of nitrogens with one attached hydrogen (secondary N) is 1. The van der Waals surface area contributed by atoms with Crippen molar-refractivity contribution in [2.75, 3.05) is 37.7 Å². The number of nitrogens with zero attached hydrogens (tertiary/aromatic N) is 2. The molecular weight excluding hydrogens is 370 g/mol. The van der Waals surface area contributed by atoms with Gasteiger partial charge in [-0.05, 0) is 36.5 Å². The van der Waals surface area contributed by atoms with Crippen LogP contribution in [0, 0.1) is 10.1 Å². The predicted octanol–water partition coefficient (Wildman–Crippen LogP) is 3.28. The number of fused-ring (bicyclic) bond motifs is 1. The molecule has 152 valence electrons. The first-order valence-electron chi connectivity index (χ1n) is 10.1. The number of aryl methyl sites for hydroxylation is 1. The number of nitro benzene ring substituents is 1. The molecule has 1 fully saturated rings. The fourth-order valence-electron chi connectivity index (χ4n) is 4.28. The van der Waals surface area contributed by atoms with Gasteiger partial charge >= 0.3 is 0 Å². The molecule has 1 saturated heterocycles. The summed E-state index contributed by atoms with van der Waals surface area (Å²) in [7, 11) is 0. The average Bonchev–Trinajstić information content (AvgIpc) is 2.77. The van der Waals surface area contributed by atoms with Gasteiger partial charge in [0, 0.05) is 37.7 Å². The number of non-ortho nitro benzene ring substituents is 1. The molecule has 2 aromatic carbocycles. The monoisotopic (exact) mass is 395 g/mol. The maximum Gasteiger partial charge on any atom is 0.270 e. The van der Waals surface area contributed by atoms with E-state index in [0.29, 0.717) is 38.4 Å². The third-order valence-electron chi connectivity index (χ3n) is 5.79. The quantitative estimate of drug-likeness (QED) is 0.620. The zero-order valence-corrected chi connectivity index (χ0v) is 16.3. The Morgan fingerprint density at radius 3 is 2.79 bits per heavy atom. The van der Waals surface area contributed by atoms with Crippen LogP contribution >= 0.6 is 0 Å². The van der Waals surface area contributed by atoms with Crippen LogP contribution in [0.2, 0.25) is 0 Å². The smallest absolute Gasteiger partial charge is 0.270 e. The van der Waals surface area contributed by atoms with Gasteiger partial charge in [-0.3, -0.25) is 14.9 Å². The largest absolute Gasteiger partial charge is 0.378 e. The lowest BCUT2D eigenvalue weighted by Gasteiger charge is -2.30. The summed E-state index contributed by atoms with van der Waals surface area (Å²) >= 11 is 0. The van der Waals surface area contributed by atoms with Gasteiger partial charge in [0.25, 0.3) is 11.6 Å². The molecule has 1 heterocycles. The van der Waals surface area contributed by atoms with E-state index in [4.69, 9.17) is 4.74 Å². The van der Waals surface area contributed by atoms with Crippen molar-refractivity contribution in [1.82, 2.24) is 5.32 Å². The lowest BCUT2D eigenvalue weighted by Crippen LogP contribution is -2.38. The molecule has 4 rings (SSSR count). The third kappa shape index (κ3) is 4.24. The molecule has 2 aromatic rings. The lowest BCUT2D eigenvalue weighted by atomic mass is 9.83. The number of amides is 1. The van der Waals surface area contributed by atoms with E-state index >= 15 is 0 Å². The Balaban J connectivity index is 1.54. The minimum Gasteiger partial charge on any atom is -0.378 e. The Kier molecular flexibility index (Phi) is 5.76. The molecule has 0 bridgehead atoms. The number of anilines is 1. The van der Waals surface area contributed by atoms with E-state index in [9.17, 15) is 14.9 Å². The minimum atomic E-state index is -0.461. The normalized spacial score (nSPS) is 18.8. The summed E-state index contributed by atoms with van der Waals surface area (Å²) < 4.78 is 5.39. The van der Waals surface area contributed by atoms with E-state index in [1.165, 1.54) is 23.3 Å². The minimum absolute atomic E-state index is 0.0739. The summed E-state index contributed by atoms with van der Waals surface area (Å²) in [5.41, 5.74) is 3.65. The van der Waals surface area contributed by atoms with Crippen LogP contribution in [0.5, 0.6) is 0 Å². The number of hydrogen-bond donors (Lipinski definition) is 1. The molecule has 1 unspecified atom stereocenters. The van der Waals surface area contributed by atoms with E-state index in [-0.39, 0.29) is 17.5 Å². The van der Waals surface area contributed by atoms with Crippen molar-refractivity contribution in [3.63, 3.8) is 0 Å². The van der Waals surface area contributed by atoms with E-state index in [1.54, 1.807) is 6.07 Å². The van der Waals surface area contributed by atoms with Gasteiger partial charge in [0.1, 0.15) is 0 Å². The molecule has 0 radical (unpaired) electrons. The third-order valence-corrected chi connectivity index (χ3v) is 5.79. The van der Waals surface area contributed by atoms with Gasteiger partial charge in [-0.25, -0.2) is 0 Å². The molecular formula is C22H25N3O4. The molecule has 1 atom stereocenters. The molecule has 1 aliphatic heterocycles. The van der Waals surface area contributed by atoms with Crippen molar-refractivity contribution >= 4 is 17.3 Å². The molecule has 7 nitrogen and oxygen atoms in total. The van der Waals surface area contributed by atoms with Crippen LogP contribution in [0.1, 0.15) is 40.2 Å². The van der Waals surface area contributed by atoms with Crippen molar-refractivity contribution in [3.05, 3.63) is 69.3 Å². The molecule has 29 heavy (non-hydrogen) atoms. The topological polar surface area (TPSA) is 84.7 Å². The highest BCUT2D eigenvalue weighted by atomic mass is 16.6. The van der Waals surface area contributed by atoms with Crippen molar-refractivity contribution in [3.8, 4) is 0 Å². The summed E-state index contributed by atoms with van der Waals surface area (Å²) in [6.07, 6.45) is 3.21. The van der Waals surface area contributed by atoms with Crippen LogP contribution in [0.4, 0.5) is 11.4 Å². The van der Waals surface area contributed by atoms with E-state index < -0.39 is 4.92 Å². The Morgan fingerprint density at radius 2 is 2.00 bits per heavy atom. The zero-order valence-electron chi connectivity index (χ0n) is 16.3. The first-order valence-corrected chi connectivity index (χ1v) is 10.1. The summed E-state index contributed by atoms with van der Waals surface area (Å²) in [6, 6.07) is 12.9. The van der Waals surface area contributed by atoms with Crippen LogP contribution in [-0.4, -0.2) is 43.7 Å². The van der Waals surface area contributed by atoms with Gasteiger partial charge < -0.3 is 15.0 Å². The highest BCUT2D eigenvalue weighted by Crippen LogP contribution is 2.31. The predicted molar refractivity (Wildman–Crippen MR) is 111 cm³/mol. The maximum absolute atomic E-state index is 13.0. The van der Waals surface area contributed by atoms with Gasteiger partial charge in [0.15, 0.2) is 0 Å². The Hall–Kier alpha value is -2.93. The molecule has 2 aliphatic rings.